The summed E-state index contributed by atoms with van der Waals surface area (Å²) in [6.07, 6.45) is 0. The minimum Gasteiger partial charge on any atom is -0.549 e. The van der Waals surface area contributed by atoms with Gasteiger partial charge in [-0.05, 0) is 0 Å². The van der Waals surface area contributed by atoms with Gasteiger partial charge in [0, 0.05) is 5.75 Å². The summed E-state index contributed by atoms with van der Waals surface area (Å²) in [6.45, 7) is 0. The lowest BCUT2D eigenvalue weighted by atomic mass is 10.4. The van der Waals surface area contributed by atoms with Gasteiger partial charge in [-0.15, -0.1) is 11.8 Å². The fraction of sp³-hybridized carbons (Fsp3) is 0.600. The summed E-state index contributed by atoms with van der Waals surface area (Å²) >= 11 is 0.952. The highest BCUT2D eigenvalue weighted by Crippen LogP contribution is 1.98. The van der Waals surface area contributed by atoms with Crippen LogP contribution in [0.4, 0.5) is 0 Å². The summed E-state index contributed by atoms with van der Waals surface area (Å²) in [4.78, 5) is 19.9. The Morgan fingerprint density at radius 2 is 2.00 bits per heavy atom. The molecular formula is C5H8NO4S-. The van der Waals surface area contributed by atoms with Gasteiger partial charge in [0.15, 0.2) is 0 Å². The number of rotatable bonds is 5. The van der Waals surface area contributed by atoms with Crippen LogP contribution in [0, 0.1) is 0 Å². The lowest BCUT2D eigenvalue weighted by Gasteiger charge is -2.08. The van der Waals surface area contributed by atoms with Crippen LogP contribution in [0.15, 0.2) is 0 Å². The number of hydrogen-bond acceptors (Lipinski definition) is 5. The number of carbonyl (C=O) groups excluding carboxylic acids is 2. The third-order valence-electron chi connectivity index (χ3n) is 0.872. The van der Waals surface area contributed by atoms with Crippen LogP contribution in [-0.2, 0) is 9.59 Å². The molecule has 0 bridgehead atoms. The zero-order valence-electron chi connectivity index (χ0n) is 5.74. The van der Waals surface area contributed by atoms with E-state index in [0.29, 0.717) is 0 Å². The molecule has 64 valence electrons. The summed E-state index contributed by atoms with van der Waals surface area (Å²) in [5, 5.41) is 19.9. The molecule has 0 aliphatic rings. The van der Waals surface area contributed by atoms with Gasteiger partial charge < -0.3 is 25.5 Å². The van der Waals surface area contributed by atoms with Crippen LogP contribution in [0.3, 0.4) is 0 Å². The fourth-order valence-corrected chi connectivity index (χ4v) is 1.06. The zero-order chi connectivity index (χ0) is 8.85. The van der Waals surface area contributed by atoms with Crippen molar-refractivity contribution in [2.75, 3.05) is 11.5 Å². The summed E-state index contributed by atoms with van der Waals surface area (Å²) in [5.41, 5.74) is 3.24. The molecule has 0 fully saturated rings. The van der Waals surface area contributed by atoms with E-state index in [1.807, 2.05) is 0 Å². The van der Waals surface area contributed by atoms with Crippen LogP contribution in [0.5, 0.6) is 0 Å². The molecule has 0 aliphatic carbocycles. The molecule has 6 heteroatoms. The molecule has 0 aromatic heterocycles. The average Bonchev–Trinajstić information content (AvgIpc) is 1.86. The minimum atomic E-state index is -1.27. The molecule has 0 saturated heterocycles. The van der Waals surface area contributed by atoms with Crippen molar-refractivity contribution in [1.82, 2.24) is 0 Å². The molecule has 0 saturated carbocycles. The third-order valence-corrected chi connectivity index (χ3v) is 1.95. The van der Waals surface area contributed by atoms with Gasteiger partial charge in [0.05, 0.1) is 17.7 Å². The van der Waals surface area contributed by atoms with Crippen molar-refractivity contribution in [2.24, 2.45) is 0 Å². The Hall–Kier alpha value is -0.750. The smallest absolute Gasteiger partial charge is 0.134 e. The maximum atomic E-state index is 10.0. The van der Waals surface area contributed by atoms with E-state index < -0.39 is 18.0 Å². The van der Waals surface area contributed by atoms with Crippen LogP contribution < -0.4 is 15.9 Å². The van der Waals surface area contributed by atoms with E-state index >= 15 is 0 Å². The van der Waals surface area contributed by atoms with Gasteiger partial charge in [0.25, 0.3) is 0 Å². The van der Waals surface area contributed by atoms with Gasteiger partial charge in [-0.2, -0.15) is 0 Å². The number of carbonyl (C=O) groups is 2. The second kappa shape index (κ2) is 4.97. The maximum Gasteiger partial charge on any atom is 0.134 e. The van der Waals surface area contributed by atoms with Gasteiger partial charge in [0.2, 0.25) is 0 Å². The van der Waals surface area contributed by atoms with Gasteiger partial charge in [-0.25, -0.2) is 0 Å². The molecule has 0 heterocycles. The second-order valence-corrected chi connectivity index (χ2v) is 2.93. The standard InChI is InChI=1S/C5H9NO4S/c6-3(5(9)10)1-11-2-4(7)8/h3H,1-2,6H2,(H,7,8)(H,9,10)/p-1/t3-/m0/s1. The van der Waals surface area contributed by atoms with Crippen molar-refractivity contribution < 1.29 is 25.5 Å². The van der Waals surface area contributed by atoms with Crippen LogP contribution in [-0.4, -0.2) is 29.5 Å². The molecule has 0 spiro atoms. The van der Waals surface area contributed by atoms with Gasteiger partial charge in [-0.3, -0.25) is 0 Å². The first-order chi connectivity index (χ1) is 5.04. The Morgan fingerprint density at radius 1 is 1.45 bits per heavy atom. The second-order valence-electron chi connectivity index (χ2n) is 1.90. The zero-order valence-corrected chi connectivity index (χ0v) is 6.56. The van der Waals surface area contributed by atoms with Gasteiger partial charge in [-0.1, -0.05) is 0 Å². The highest BCUT2D eigenvalue weighted by molar-refractivity contribution is 7.99. The number of aliphatic carboxylic acids is 2. The number of carboxylic acids is 2. The number of carboxylic acid groups (broad SMARTS) is 2. The van der Waals surface area contributed by atoms with Crippen LogP contribution in [0.2, 0.25) is 0 Å². The maximum absolute atomic E-state index is 10.0. The molecule has 5 nitrogen and oxygen atoms in total. The first-order valence-corrected chi connectivity index (χ1v) is 4.01. The van der Waals surface area contributed by atoms with E-state index in [1.165, 1.54) is 0 Å². The van der Waals surface area contributed by atoms with Crippen molar-refractivity contribution in [3.05, 3.63) is 0 Å². The van der Waals surface area contributed by atoms with Crippen LogP contribution in [0.25, 0.3) is 0 Å². The Morgan fingerprint density at radius 3 is 2.36 bits per heavy atom. The predicted octanol–water partition coefficient (Wildman–Crippen LogP) is -4.17. The highest BCUT2D eigenvalue weighted by atomic mass is 32.2. The molecule has 0 aliphatic heterocycles. The van der Waals surface area contributed by atoms with Crippen molar-refractivity contribution in [1.29, 1.82) is 0 Å². The lowest BCUT2D eigenvalue weighted by molar-refractivity contribution is -0.431. The molecule has 0 radical (unpaired) electrons. The molecule has 3 N–H and O–H groups in total. The first kappa shape index (κ1) is 10.2. The van der Waals surface area contributed by atoms with Crippen molar-refractivity contribution in [2.45, 2.75) is 6.04 Å². The monoisotopic (exact) mass is 178 g/mol. The first-order valence-electron chi connectivity index (χ1n) is 2.85. The normalized spacial score (nSPS) is 12.5. The average molecular weight is 178 g/mol. The van der Waals surface area contributed by atoms with E-state index in [4.69, 9.17) is 0 Å². The Labute approximate surface area is 67.6 Å². The number of thioether (sulfide) groups is 1. The molecule has 11 heavy (non-hydrogen) atoms. The predicted molar refractivity (Wildman–Crippen MR) is 34.0 cm³/mol. The quantitative estimate of drug-likeness (QED) is 0.459. The van der Waals surface area contributed by atoms with Gasteiger partial charge in [0.1, 0.15) is 6.04 Å². The highest BCUT2D eigenvalue weighted by Gasteiger charge is 2.05. The Kier molecular flexibility index (Phi) is 4.64. The fourth-order valence-electron chi connectivity index (χ4n) is 0.353. The minimum absolute atomic E-state index is 0.135. The van der Waals surface area contributed by atoms with E-state index in [0.717, 1.165) is 11.8 Å². The van der Waals surface area contributed by atoms with Crippen molar-refractivity contribution in [3.63, 3.8) is 0 Å². The lowest BCUT2D eigenvalue weighted by Crippen LogP contribution is -2.69. The third kappa shape index (κ3) is 5.68. The molecule has 0 unspecified atom stereocenters. The van der Waals surface area contributed by atoms with E-state index in [-0.39, 0.29) is 11.5 Å². The molecule has 0 rings (SSSR count). The van der Waals surface area contributed by atoms with E-state index in [2.05, 4.69) is 5.73 Å². The van der Waals surface area contributed by atoms with Crippen molar-refractivity contribution in [3.8, 4) is 0 Å². The van der Waals surface area contributed by atoms with Crippen LogP contribution in [0.1, 0.15) is 0 Å². The Balaban J connectivity index is 3.39. The molecule has 0 aromatic carbocycles. The van der Waals surface area contributed by atoms with E-state index in [1.54, 1.807) is 0 Å². The SMILES string of the molecule is [NH3+][C@@H](CSCC(=O)[O-])C(=O)[O-]. The summed E-state index contributed by atoms with van der Waals surface area (Å²) < 4.78 is 0. The largest absolute Gasteiger partial charge is 0.549 e. The Bertz CT molecular complexity index is 161. The topological polar surface area (TPSA) is 108 Å². The molecule has 1 atom stereocenters. The summed E-state index contributed by atoms with van der Waals surface area (Å²) in [6, 6.07) is -0.862. The van der Waals surface area contributed by atoms with Gasteiger partial charge >= 0.3 is 0 Å². The molecule has 0 aromatic rings. The van der Waals surface area contributed by atoms with Crippen molar-refractivity contribution >= 4 is 23.7 Å². The van der Waals surface area contributed by atoms with Crippen LogP contribution >= 0.6 is 11.8 Å². The summed E-state index contributed by atoms with van der Waals surface area (Å²) in [5.74, 6) is -2.55. The molecular weight excluding hydrogens is 170 g/mol. The number of quaternary nitrogens is 1. The summed E-state index contributed by atoms with van der Waals surface area (Å²) in [7, 11) is 0. The molecule has 0 amide bonds. The number of hydrogen-bond donors (Lipinski definition) is 1. The van der Waals surface area contributed by atoms with E-state index in [9.17, 15) is 19.8 Å².